The van der Waals surface area contributed by atoms with Gasteiger partial charge in [0.25, 0.3) is 5.91 Å². The fourth-order valence-electron chi connectivity index (χ4n) is 2.86. The van der Waals surface area contributed by atoms with E-state index < -0.39 is 0 Å². The maximum atomic E-state index is 12.8. The SMILES string of the molecule is Cc1nc2ccc(C(=O)N(C)Cc3ccc4nonc4c3)cc2nc1C. The van der Waals surface area contributed by atoms with Crippen LogP contribution in [0.15, 0.2) is 41.0 Å². The Balaban J connectivity index is 1.59. The quantitative estimate of drug-likeness (QED) is 0.566. The highest BCUT2D eigenvalue weighted by Crippen LogP contribution is 2.17. The Labute approximate surface area is 149 Å². The third-order valence-electron chi connectivity index (χ3n) is 4.41. The highest BCUT2D eigenvalue weighted by atomic mass is 16.6. The van der Waals surface area contributed by atoms with Crippen LogP contribution in [-0.2, 0) is 6.54 Å². The number of hydrogen-bond donors (Lipinski definition) is 0. The van der Waals surface area contributed by atoms with Crippen molar-refractivity contribution in [2.24, 2.45) is 0 Å². The summed E-state index contributed by atoms with van der Waals surface area (Å²) in [5.74, 6) is -0.0784. The van der Waals surface area contributed by atoms with Crippen LogP contribution in [0.5, 0.6) is 0 Å². The number of fused-ring (bicyclic) bond motifs is 2. The number of rotatable bonds is 3. The predicted octanol–water partition coefficient (Wildman–Crippen LogP) is 3.06. The minimum atomic E-state index is -0.0784. The van der Waals surface area contributed by atoms with Gasteiger partial charge in [-0.25, -0.2) is 14.6 Å². The number of hydrogen-bond acceptors (Lipinski definition) is 6. The molecule has 1 amide bonds. The lowest BCUT2D eigenvalue weighted by atomic mass is 10.1. The standard InChI is InChI=1S/C19H17N5O2/c1-11-12(2)21-17-9-14(5-7-15(17)20-11)19(25)24(3)10-13-4-6-16-18(8-13)23-26-22-16/h4-9H,10H2,1-3H3. The third-order valence-corrected chi connectivity index (χ3v) is 4.41. The van der Waals surface area contributed by atoms with Gasteiger partial charge in [0.1, 0.15) is 11.0 Å². The molecule has 2 aromatic carbocycles. The monoisotopic (exact) mass is 347 g/mol. The van der Waals surface area contributed by atoms with Gasteiger partial charge in [0.05, 0.1) is 22.4 Å². The van der Waals surface area contributed by atoms with Crippen molar-refractivity contribution in [2.75, 3.05) is 7.05 Å². The first-order chi connectivity index (χ1) is 12.5. The van der Waals surface area contributed by atoms with Gasteiger partial charge < -0.3 is 4.90 Å². The van der Waals surface area contributed by atoms with Gasteiger partial charge in [0, 0.05) is 19.2 Å². The molecule has 0 N–H and O–H groups in total. The van der Waals surface area contributed by atoms with Gasteiger partial charge in [-0.1, -0.05) is 6.07 Å². The second kappa shape index (κ2) is 6.18. The van der Waals surface area contributed by atoms with Crippen LogP contribution >= 0.6 is 0 Å². The first kappa shape index (κ1) is 16.1. The van der Waals surface area contributed by atoms with E-state index in [-0.39, 0.29) is 5.91 Å². The molecule has 0 saturated carbocycles. The third kappa shape index (κ3) is 2.88. The topological polar surface area (TPSA) is 85.0 Å². The van der Waals surface area contributed by atoms with Crippen LogP contribution in [-0.4, -0.2) is 38.1 Å². The van der Waals surface area contributed by atoms with E-state index >= 15 is 0 Å². The maximum Gasteiger partial charge on any atom is 0.253 e. The van der Waals surface area contributed by atoms with E-state index in [1.165, 1.54) is 0 Å². The van der Waals surface area contributed by atoms with Crippen molar-refractivity contribution < 1.29 is 9.42 Å². The van der Waals surface area contributed by atoms with Crippen molar-refractivity contribution in [3.8, 4) is 0 Å². The lowest BCUT2D eigenvalue weighted by Gasteiger charge is -2.17. The summed E-state index contributed by atoms with van der Waals surface area (Å²) in [4.78, 5) is 23.5. The molecule has 2 heterocycles. The Morgan fingerprint density at radius 2 is 1.62 bits per heavy atom. The number of nitrogens with zero attached hydrogens (tertiary/aromatic N) is 5. The first-order valence-electron chi connectivity index (χ1n) is 8.23. The normalized spacial score (nSPS) is 11.2. The van der Waals surface area contributed by atoms with Crippen LogP contribution in [0.25, 0.3) is 22.1 Å². The van der Waals surface area contributed by atoms with Crippen molar-refractivity contribution >= 4 is 28.0 Å². The van der Waals surface area contributed by atoms with Gasteiger partial charge >= 0.3 is 0 Å². The van der Waals surface area contributed by atoms with Crippen molar-refractivity contribution in [1.29, 1.82) is 0 Å². The lowest BCUT2D eigenvalue weighted by molar-refractivity contribution is 0.0785. The molecular weight excluding hydrogens is 330 g/mol. The molecule has 7 heteroatoms. The largest absolute Gasteiger partial charge is 0.337 e. The van der Waals surface area contributed by atoms with E-state index in [4.69, 9.17) is 4.63 Å². The zero-order chi connectivity index (χ0) is 18.3. The molecule has 0 radical (unpaired) electrons. The molecular formula is C19H17N5O2. The van der Waals surface area contributed by atoms with Gasteiger partial charge in [-0.3, -0.25) is 4.79 Å². The van der Waals surface area contributed by atoms with Gasteiger partial charge in [-0.2, -0.15) is 0 Å². The van der Waals surface area contributed by atoms with E-state index in [0.717, 1.165) is 28.0 Å². The fourth-order valence-corrected chi connectivity index (χ4v) is 2.86. The molecule has 0 spiro atoms. The number of aromatic nitrogens is 4. The van der Waals surface area contributed by atoms with E-state index in [1.807, 2.05) is 38.1 Å². The summed E-state index contributed by atoms with van der Waals surface area (Å²) in [6.45, 7) is 4.30. The van der Waals surface area contributed by atoms with Crippen LogP contribution in [0.4, 0.5) is 0 Å². The molecule has 4 rings (SSSR count). The van der Waals surface area contributed by atoms with Crippen LogP contribution in [0, 0.1) is 13.8 Å². The average Bonchev–Trinajstić information content (AvgIpc) is 3.09. The average molecular weight is 347 g/mol. The molecule has 0 unspecified atom stereocenters. The smallest absolute Gasteiger partial charge is 0.253 e. The van der Waals surface area contributed by atoms with Gasteiger partial charge in [-0.05, 0) is 60.1 Å². The summed E-state index contributed by atoms with van der Waals surface area (Å²) in [5.41, 5.74) is 6.18. The molecule has 2 aromatic heterocycles. The Morgan fingerprint density at radius 3 is 2.42 bits per heavy atom. The molecule has 0 bridgehead atoms. The molecule has 0 aliphatic heterocycles. The summed E-state index contributed by atoms with van der Waals surface area (Å²) in [5, 5.41) is 7.62. The molecule has 26 heavy (non-hydrogen) atoms. The van der Waals surface area contributed by atoms with E-state index in [0.29, 0.717) is 23.1 Å². The minimum Gasteiger partial charge on any atom is -0.337 e. The maximum absolute atomic E-state index is 12.8. The molecule has 0 atom stereocenters. The Morgan fingerprint density at radius 1 is 0.923 bits per heavy atom. The van der Waals surface area contributed by atoms with Gasteiger partial charge in [0.2, 0.25) is 0 Å². The van der Waals surface area contributed by atoms with Crippen LogP contribution in [0.2, 0.25) is 0 Å². The molecule has 130 valence electrons. The second-order valence-electron chi connectivity index (χ2n) is 6.35. The summed E-state index contributed by atoms with van der Waals surface area (Å²) >= 11 is 0. The summed E-state index contributed by atoms with van der Waals surface area (Å²) in [6, 6.07) is 11.0. The predicted molar refractivity (Wildman–Crippen MR) is 96.6 cm³/mol. The van der Waals surface area contributed by atoms with Crippen molar-refractivity contribution in [2.45, 2.75) is 20.4 Å². The molecule has 0 aliphatic rings. The zero-order valence-corrected chi connectivity index (χ0v) is 14.7. The summed E-state index contributed by atoms with van der Waals surface area (Å²) < 4.78 is 4.71. The summed E-state index contributed by atoms with van der Waals surface area (Å²) in [6.07, 6.45) is 0. The Bertz CT molecular complexity index is 1140. The lowest BCUT2D eigenvalue weighted by Crippen LogP contribution is -2.26. The number of amides is 1. The molecule has 4 aromatic rings. The number of aryl methyl sites for hydroxylation is 2. The van der Waals surface area contributed by atoms with Crippen molar-refractivity contribution in [1.82, 2.24) is 25.2 Å². The van der Waals surface area contributed by atoms with Crippen LogP contribution in [0.3, 0.4) is 0 Å². The highest BCUT2D eigenvalue weighted by Gasteiger charge is 2.14. The van der Waals surface area contributed by atoms with Crippen LogP contribution in [0.1, 0.15) is 27.3 Å². The molecule has 0 saturated heterocycles. The number of carbonyl (C=O) groups excluding carboxylic acids is 1. The summed E-state index contributed by atoms with van der Waals surface area (Å²) in [7, 11) is 1.77. The Hall–Kier alpha value is -3.35. The molecule has 7 nitrogen and oxygen atoms in total. The second-order valence-corrected chi connectivity index (χ2v) is 6.35. The van der Waals surface area contributed by atoms with Crippen molar-refractivity contribution in [3.05, 3.63) is 58.9 Å². The Kier molecular flexibility index (Phi) is 3.84. The fraction of sp³-hybridized carbons (Fsp3) is 0.211. The molecule has 0 fully saturated rings. The van der Waals surface area contributed by atoms with E-state index in [1.54, 1.807) is 24.1 Å². The van der Waals surface area contributed by atoms with E-state index in [9.17, 15) is 4.79 Å². The molecule has 0 aliphatic carbocycles. The van der Waals surface area contributed by atoms with Gasteiger partial charge in [-0.15, -0.1) is 0 Å². The first-order valence-corrected chi connectivity index (χ1v) is 8.23. The van der Waals surface area contributed by atoms with Crippen LogP contribution < -0.4 is 0 Å². The zero-order valence-electron chi connectivity index (χ0n) is 14.7. The van der Waals surface area contributed by atoms with Crippen molar-refractivity contribution in [3.63, 3.8) is 0 Å². The minimum absolute atomic E-state index is 0.0784. The van der Waals surface area contributed by atoms with Gasteiger partial charge in [0.15, 0.2) is 0 Å². The number of benzene rings is 2. The number of carbonyl (C=O) groups is 1. The highest BCUT2D eigenvalue weighted by molar-refractivity contribution is 5.97. The van der Waals surface area contributed by atoms with E-state index in [2.05, 4.69) is 20.3 Å².